The van der Waals surface area contributed by atoms with Gasteiger partial charge in [0.15, 0.2) is 0 Å². The number of hydrogen-bond donors (Lipinski definition) is 1. The van der Waals surface area contributed by atoms with Gasteiger partial charge < -0.3 is 14.7 Å². The van der Waals surface area contributed by atoms with E-state index in [-0.39, 0.29) is 24.4 Å². The second-order valence-corrected chi connectivity index (χ2v) is 4.30. The molecule has 0 aromatic heterocycles. The summed E-state index contributed by atoms with van der Waals surface area (Å²) < 4.78 is 18.6. The zero-order valence-electron chi connectivity index (χ0n) is 10.5. The fourth-order valence-electron chi connectivity index (χ4n) is 1.96. The van der Waals surface area contributed by atoms with Crippen molar-refractivity contribution < 1.29 is 19.0 Å². The van der Waals surface area contributed by atoms with Crippen molar-refractivity contribution in [2.45, 2.75) is 6.04 Å². The third-order valence-electron chi connectivity index (χ3n) is 3.03. The predicted molar refractivity (Wildman–Crippen MR) is 68.8 cm³/mol. The quantitative estimate of drug-likeness (QED) is 0.831. The number of aliphatic hydroxyl groups is 1. The number of benzene rings is 1. The van der Waals surface area contributed by atoms with Crippen LogP contribution < -0.4 is 0 Å². The molecule has 0 radical (unpaired) electrons. The Kier molecular flexibility index (Phi) is 4.65. The number of nitrogens with zero attached hydrogens (tertiary/aromatic N) is 1. The van der Waals surface area contributed by atoms with Gasteiger partial charge in [0, 0.05) is 18.2 Å². The van der Waals surface area contributed by atoms with Gasteiger partial charge in [0.05, 0.1) is 25.9 Å². The van der Waals surface area contributed by atoms with E-state index in [9.17, 15) is 14.3 Å². The molecule has 19 heavy (non-hydrogen) atoms. The number of carbonyl (C=O) groups excluding carboxylic acids is 1. The van der Waals surface area contributed by atoms with E-state index in [1.54, 1.807) is 23.1 Å². The van der Waals surface area contributed by atoms with Gasteiger partial charge in [-0.2, -0.15) is 0 Å². The highest BCUT2D eigenvalue weighted by Gasteiger charge is 2.25. The lowest BCUT2D eigenvalue weighted by molar-refractivity contribution is -0.136. The second-order valence-electron chi connectivity index (χ2n) is 4.30. The fourth-order valence-corrected chi connectivity index (χ4v) is 1.96. The van der Waals surface area contributed by atoms with E-state index in [2.05, 4.69) is 0 Å². The first kappa shape index (κ1) is 13.7. The fraction of sp³-hybridized carbons (Fsp3) is 0.357. The molecule has 0 saturated carbocycles. The molecule has 1 fully saturated rings. The molecule has 1 heterocycles. The van der Waals surface area contributed by atoms with Crippen molar-refractivity contribution in [1.82, 2.24) is 4.90 Å². The lowest BCUT2D eigenvalue weighted by atomic mass is 10.2. The largest absolute Gasteiger partial charge is 0.394 e. The highest BCUT2D eigenvalue weighted by atomic mass is 19.1. The van der Waals surface area contributed by atoms with Crippen LogP contribution in [-0.2, 0) is 9.53 Å². The van der Waals surface area contributed by atoms with Crippen molar-refractivity contribution in [3.05, 3.63) is 41.7 Å². The van der Waals surface area contributed by atoms with Gasteiger partial charge in [-0.15, -0.1) is 0 Å². The van der Waals surface area contributed by atoms with Gasteiger partial charge in [-0.05, 0) is 12.1 Å². The van der Waals surface area contributed by atoms with Gasteiger partial charge in [0.25, 0.3) is 0 Å². The van der Waals surface area contributed by atoms with Crippen LogP contribution in [0.25, 0.3) is 6.08 Å². The zero-order valence-corrected chi connectivity index (χ0v) is 10.5. The summed E-state index contributed by atoms with van der Waals surface area (Å²) in [5.74, 6) is -0.613. The van der Waals surface area contributed by atoms with Gasteiger partial charge in [0.2, 0.25) is 5.91 Å². The van der Waals surface area contributed by atoms with Crippen molar-refractivity contribution >= 4 is 12.0 Å². The molecule has 0 spiro atoms. The first-order valence-electron chi connectivity index (χ1n) is 6.14. The predicted octanol–water partition coefficient (Wildman–Crippen LogP) is 1.06. The Morgan fingerprint density at radius 2 is 2.32 bits per heavy atom. The average molecular weight is 265 g/mol. The maximum absolute atomic E-state index is 13.4. The van der Waals surface area contributed by atoms with Crippen LogP contribution >= 0.6 is 0 Å². The summed E-state index contributed by atoms with van der Waals surface area (Å²) in [6, 6.07) is 5.92. The third-order valence-corrected chi connectivity index (χ3v) is 3.03. The number of morpholine rings is 1. The van der Waals surface area contributed by atoms with Crippen molar-refractivity contribution in [2.75, 3.05) is 26.4 Å². The average Bonchev–Trinajstić information content (AvgIpc) is 2.46. The van der Waals surface area contributed by atoms with Crippen LogP contribution in [0.3, 0.4) is 0 Å². The van der Waals surface area contributed by atoms with Crippen molar-refractivity contribution in [1.29, 1.82) is 0 Å². The van der Waals surface area contributed by atoms with Crippen LogP contribution in [0.2, 0.25) is 0 Å². The maximum Gasteiger partial charge on any atom is 0.247 e. The second kappa shape index (κ2) is 6.45. The molecule has 2 rings (SSSR count). The number of carbonyl (C=O) groups is 1. The summed E-state index contributed by atoms with van der Waals surface area (Å²) in [5.41, 5.74) is 0.365. The summed E-state index contributed by atoms with van der Waals surface area (Å²) in [6.45, 7) is 1.08. The van der Waals surface area contributed by atoms with Crippen LogP contribution in [0.5, 0.6) is 0 Å². The number of rotatable bonds is 3. The molecule has 1 amide bonds. The Hall–Kier alpha value is -1.72. The lowest BCUT2D eigenvalue weighted by Gasteiger charge is -2.33. The molecule has 1 aliphatic heterocycles. The summed E-state index contributed by atoms with van der Waals surface area (Å²) in [4.78, 5) is 13.5. The van der Waals surface area contributed by atoms with Crippen molar-refractivity contribution in [3.8, 4) is 0 Å². The van der Waals surface area contributed by atoms with Gasteiger partial charge in [-0.1, -0.05) is 18.2 Å². The van der Waals surface area contributed by atoms with Crippen LogP contribution in [0.4, 0.5) is 4.39 Å². The number of ether oxygens (including phenoxy) is 1. The van der Waals surface area contributed by atoms with E-state index in [0.29, 0.717) is 25.3 Å². The highest BCUT2D eigenvalue weighted by Crippen LogP contribution is 2.11. The normalized spacial score (nSPS) is 19.9. The molecule has 1 aromatic carbocycles. The topological polar surface area (TPSA) is 49.8 Å². The number of aliphatic hydroxyl groups excluding tert-OH is 1. The monoisotopic (exact) mass is 265 g/mol. The van der Waals surface area contributed by atoms with Crippen LogP contribution in [-0.4, -0.2) is 48.3 Å². The first-order chi connectivity index (χ1) is 9.22. The van der Waals surface area contributed by atoms with Crippen molar-refractivity contribution in [2.24, 2.45) is 0 Å². The summed E-state index contributed by atoms with van der Waals surface area (Å²) >= 11 is 0. The van der Waals surface area contributed by atoms with Crippen LogP contribution in [0.1, 0.15) is 5.56 Å². The van der Waals surface area contributed by atoms with Crippen LogP contribution in [0, 0.1) is 5.82 Å². The molecule has 102 valence electrons. The molecule has 1 saturated heterocycles. The van der Waals surface area contributed by atoms with E-state index in [0.717, 1.165) is 0 Å². The minimum Gasteiger partial charge on any atom is -0.394 e. The molecule has 0 aliphatic carbocycles. The minimum absolute atomic E-state index is 0.140. The Bertz CT molecular complexity index is 476. The Balaban J connectivity index is 2.06. The number of hydrogen-bond acceptors (Lipinski definition) is 3. The highest BCUT2D eigenvalue weighted by molar-refractivity contribution is 5.92. The SMILES string of the molecule is O=C(/C=C/c1ccccc1F)N1CCOCC1CO. The van der Waals surface area contributed by atoms with Crippen LogP contribution in [0.15, 0.2) is 30.3 Å². The molecular weight excluding hydrogens is 249 g/mol. The summed E-state index contributed by atoms with van der Waals surface area (Å²) in [6.07, 6.45) is 2.77. The summed E-state index contributed by atoms with van der Waals surface area (Å²) in [5, 5.41) is 9.18. The van der Waals surface area contributed by atoms with Gasteiger partial charge >= 0.3 is 0 Å². The van der Waals surface area contributed by atoms with Gasteiger partial charge in [-0.25, -0.2) is 4.39 Å². The molecule has 5 heteroatoms. The van der Waals surface area contributed by atoms with Gasteiger partial charge in [0.1, 0.15) is 5.82 Å². The Labute approximate surface area is 111 Å². The number of amides is 1. The van der Waals surface area contributed by atoms with E-state index in [1.165, 1.54) is 18.2 Å². The minimum atomic E-state index is -0.368. The van der Waals surface area contributed by atoms with Crippen molar-refractivity contribution in [3.63, 3.8) is 0 Å². The van der Waals surface area contributed by atoms with E-state index in [1.807, 2.05) is 0 Å². The first-order valence-corrected chi connectivity index (χ1v) is 6.14. The van der Waals surface area contributed by atoms with E-state index < -0.39 is 0 Å². The standard InChI is InChI=1S/C14H16FNO3/c15-13-4-2-1-3-11(13)5-6-14(18)16-7-8-19-10-12(16)9-17/h1-6,12,17H,7-10H2/b6-5+. The lowest BCUT2D eigenvalue weighted by Crippen LogP contribution is -2.49. The smallest absolute Gasteiger partial charge is 0.247 e. The molecule has 1 aromatic rings. The molecule has 4 nitrogen and oxygen atoms in total. The Morgan fingerprint density at radius 1 is 1.53 bits per heavy atom. The van der Waals surface area contributed by atoms with Gasteiger partial charge in [-0.3, -0.25) is 4.79 Å². The third kappa shape index (κ3) is 3.39. The Morgan fingerprint density at radius 3 is 3.05 bits per heavy atom. The maximum atomic E-state index is 13.4. The van der Waals surface area contributed by atoms with E-state index >= 15 is 0 Å². The summed E-state index contributed by atoms with van der Waals surface area (Å²) in [7, 11) is 0. The zero-order chi connectivity index (χ0) is 13.7. The van der Waals surface area contributed by atoms with E-state index in [4.69, 9.17) is 4.74 Å². The number of halogens is 1. The molecule has 1 unspecified atom stereocenters. The molecule has 1 N–H and O–H groups in total. The molecular formula is C14H16FNO3. The molecule has 1 aliphatic rings. The molecule has 1 atom stereocenters. The molecule has 0 bridgehead atoms.